The maximum atomic E-state index is 13.2. The van der Waals surface area contributed by atoms with Crippen LogP contribution in [0.5, 0.6) is 11.5 Å². The Bertz CT molecular complexity index is 1750. The molecule has 0 spiro atoms. The van der Waals surface area contributed by atoms with Crippen molar-refractivity contribution in [2.75, 3.05) is 14.2 Å². The van der Waals surface area contributed by atoms with Gasteiger partial charge in [-0.2, -0.15) is 0 Å². The average Bonchev–Trinajstić information content (AvgIpc) is 3.11. The molecule has 2 atom stereocenters. The van der Waals surface area contributed by atoms with Crippen molar-refractivity contribution in [1.29, 1.82) is 0 Å². The molecule has 14 heteroatoms. The molecule has 2 N–H and O–H groups in total. The van der Waals surface area contributed by atoms with Crippen LogP contribution >= 0.6 is 0 Å². The first-order valence-corrected chi connectivity index (χ1v) is 14.5. The van der Waals surface area contributed by atoms with Crippen LogP contribution in [0.4, 0.5) is 0 Å². The molecule has 0 saturated carbocycles. The van der Waals surface area contributed by atoms with E-state index in [4.69, 9.17) is 18.9 Å². The summed E-state index contributed by atoms with van der Waals surface area (Å²) in [5, 5.41) is 5.15. The van der Waals surface area contributed by atoms with Gasteiger partial charge in [-0.3, -0.25) is 9.59 Å². The Balaban J connectivity index is 1.48. The molecule has 2 amide bonds. The molecule has 48 heavy (non-hydrogen) atoms. The second-order valence-electron chi connectivity index (χ2n) is 10.4. The zero-order valence-electron chi connectivity index (χ0n) is 25.6. The van der Waals surface area contributed by atoms with E-state index in [2.05, 4.69) is 20.6 Å². The average molecular weight is 653 g/mol. The summed E-state index contributed by atoms with van der Waals surface area (Å²) in [7, 11) is 2.34. The number of esters is 4. The molecule has 4 aliphatic rings. The van der Waals surface area contributed by atoms with Gasteiger partial charge < -0.3 is 29.6 Å². The molecular formula is C34H28N4O10. The minimum atomic E-state index is -1.14. The smallest absolute Gasteiger partial charge is 0.362 e. The van der Waals surface area contributed by atoms with Gasteiger partial charge in [0.25, 0.3) is 11.8 Å². The number of hydrogen-bond acceptors (Lipinski definition) is 12. The van der Waals surface area contributed by atoms with Crippen molar-refractivity contribution in [3.63, 3.8) is 0 Å². The van der Waals surface area contributed by atoms with Crippen LogP contribution in [0.2, 0.25) is 0 Å². The second kappa shape index (κ2) is 14.8. The van der Waals surface area contributed by atoms with Crippen molar-refractivity contribution in [3.8, 4) is 11.5 Å². The molecule has 0 fully saturated rings. The van der Waals surface area contributed by atoms with Crippen LogP contribution in [0, 0.1) is 0 Å². The van der Waals surface area contributed by atoms with Crippen molar-refractivity contribution < 1.29 is 47.7 Å². The third kappa shape index (κ3) is 8.04. The molecule has 2 aromatic heterocycles. The van der Waals surface area contributed by atoms with Crippen LogP contribution < -0.4 is 20.1 Å². The van der Waals surface area contributed by atoms with E-state index < -0.39 is 47.8 Å². The van der Waals surface area contributed by atoms with Gasteiger partial charge in [0.1, 0.15) is 46.4 Å². The van der Waals surface area contributed by atoms with Gasteiger partial charge >= 0.3 is 23.9 Å². The number of hydrogen-bond donors (Lipinski definition) is 2. The Hall–Kier alpha value is -6.44. The fourth-order valence-electron chi connectivity index (χ4n) is 4.66. The fraction of sp³-hybridized carbons (Fsp3) is 0.176. The standard InChI is InChI=1S/C34H28N4O10/c1-45-31(41)27-17-19-9-13-21(14-10-19)47-33(43)25-7-4-8-26(36-25)34(44)48-22-15-11-20(12-16-22)18-28(32(42)46-2)38-30(40)24-6-3-5-23(35-24)29(39)37-27/h3-16,27-28H,17-18H2,1-2H3,(H,37,39)(H,38,40)/t27-,28-/m0/s1. The van der Waals surface area contributed by atoms with Gasteiger partial charge in [-0.1, -0.05) is 36.4 Å². The highest BCUT2D eigenvalue weighted by molar-refractivity contribution is 5.99. The van der Waals surface area contributed by atoms with E-state index in [9.17, 15) is 28.8 Å². The number of carbonyl (C=O) groups excluding carboxylic acids is 6. The number of amides is 2. The predicted octanol–water partition coefficient (Wildman–Crippen LogP) is 2.26. The van der Waals surface area contributed by atoms with Gasteiger partial charge in [0.2, 0.25) is 0 Å². The van der Waals surface area contributed by atoms with E-state index in [1.165, 1.54) is 74.9 Å². The largest absolute Gasteiger partial charge is 0.467 e. The van der Waals surface area contributed by atoms with Gasteiger partial charge in [-0.05, 0) is 59.7 Å². The van der Waals surface area contributed by atoms with Gasteiger partial charge in [-0.15, -0.1) is 0 Å². The molecule has 8 bridgehead atoms. The molecule has 4 aliphatic heterocycles. The van der Waals surface area contributed by atoms with Crippen molar-refractivity contribution in [3.05, 3.63) is 119 Å². The van der Waals surface area contributed by atoms with E-state index in [1.807, 2.05) is 0 Å². The quantitative estimate of drug-likeness (QED) is 0.238. The molecule has 6 heterocycles. The van der Waals surface area contributed by atoms with Gasteiger partial charge in [-0.25, -0.2) is 29.1 Å². The summed E-state index contributed by atoms with van der Waals surface area (Å²) in [4.78, 5) is 85.4. The maximum absolute atomic E-state index is 13.2. The third-order valence-corrected chi connectivity index (χ3v) is 7.11. The van der Waals surface area contributed by atoms with E-state index in [0.29, 0.717) is 11.1 Å². The topological polar surface area (TPSA) is 189 Å². The lowest BCUT2D eigenvalue weighted by atomic mass is 10.1. The first-order valence-electron chi connectivity index (χ1n) is 14.5. The number of ether oxygens (including phenoxy) is 4. The van der Waals surface area contributed by atoms with Gasteiger partial charge in [0, 0.05) is 12.8 Å². The van der Waals surface area contributed by atoms with Gasteiger partial charge in [0.05, 0.1) is 14.2 Å². The number of aromatic nitrogens is 2. The van der Waals surface area contributed by atoms with Crippen LogP contribution in [0.25, 0.3) is 0 Å². The van der Waals surface area contributed by atoms with Crippen molar-refractivity contribution in [2.45, 2.75) is 24.9 Å². The van der Waals surface area contributed by atoms with Crippen molar-refractivity contribution in [1.82, 2.24) is 20.6 Å². The molecular weight excluding hydrogens is 624 g/mol. The summed E-state index contributed by atoms with van der Waals surface area (Å²) in [6.45, 7) is 0. The molecule has 8 rings (SSSR count). The van der Waals surface area contributed by atoms with Crippen LogP contribution in [0.3, 0.4) is 0 Å². The van der Waals surface area contributed by atoms with E-state index in [0.717, 1.165) is 0 Å². The number of methoxy groups -OCH3 is 2. The van der Waals surface area contributed by atoms with E-state index >= 15 is 0 Å². The summed E-state index contributed by atoms with van der Waals surface area (Å²) in [6, 6.07) is 18.3. The summed E-state index contributed by atoms with van der Waals surface area (Å²) in [6.07, 6.45) is 0.000139. The third-order valence-electron chi connectivity index (χ3n) is 7.11. The Morgan fingerprint density at radius 2 is 0.938 bits per heavy atom. The van der Waals surface area contributed by atoms with Crippen molar-refractivity contribution >= 4 is 35.7 Å². The highest BCUT2D eigenvalue weighted by Crippen LogP contribution is 2.18. The molecule has 14 nitrogen and oxygen atoms in total. The molecule has 4 aromatic rings. The fourth-order valence-corrected chi connectivity index (χ4v) is 4.66. The predicted molar refractivity (Wildman–Crippen MR) is 165 cm³/mol. The minimum absolute atomic E-state index is 0.0000696. The molecule has 2 aromatic carbocycles. The van der Waals surface area contributed by atoms with Gasteiger partial charge in [0.15, 0.2) is 0 Å². The second-order valence-corrected chi connectivity index (χ2v) is 10.4. The van der Waals surface area contributed by atoms with E-state index in [1.54, 1.807) is 24.3 Å². The molecule has 244 valence electrons. The summed E-state index contributed by atoms with van der Waals surface area (Å²) >= 11 is 0. The number of nitrogens with zero attached hydrogens (tertiary/aromatic N) is 2. The van der Waals surface area contributed by atoms with E-state index in [-0.39, 0.29) is 47.1 Å². The molecule has 0 radical (unpaired) electrons. The molecule has 0 unspecified atom stereocenters. The molecule has 0 aliphatic carbocycles. The van der Waals surface area contributed by atoms with Crippen LogP contribution in [0.1, 0.15) is 53.1 Å². The van der Waals surface area contributed by atoms with Crippen LogP contribution in [-0.2, 0) is 31.9 Å². The van der Waals surface area contributed by atoms with Crippen LogP contribution in [0.15, 0.2) is 84.9 Å². The normalized spacial score (nSPS) is 17.0. The Morgan fingerprint density at radius 1 is 0.583 bits per heavy atom. The maximum Gasteiger partial charge on any atom is 0.362 e. The number of rotatable bonds is 2. The van der Waals surface area contributed by atoms with Crippen LogP contribution in [-0.4, -0.2) is 72.0 Å². The highest BCUT2D eigenvalue weighted by Gasteiger charge is 2.26. The Kier molecular flexibility index (Phi) is 10.1. The zero-order valence-corrected chi connectivity index (χ0v) is 25.6. The first-order chi connectivity index (χ1) is 23.1. The number of pyridine rings is 2. The lowest BCUT2D eigenvalue weighted by molar-refractivity contribution is -0.143. The SMILES string of the molecule is COC(=O)[C@@H]1Cc2ccc(cc2)OC(=O)c2cccc(n2)C(=O)Oc2ccc(cc2)C[C@@H](C(=O)OC)NC(=O)c2cccc(n2)C(=O)N1. The summed E-state index contributed by atoms with van der Waals surface area (Å²) in [5.74, 6) is -4.33. The monoisotopic (exact) mass is 652 g/mol. The number of carbonyl (C=O) groups is 6. The van der Waals surface area contributed by atoms with Crippen molar-refractivity contribution in [2.24, 2.45) is 0 Å². The zero-order chi connectivity index (χ0) is 34.2. The lowest BCUT2D eigenvalue weighted by Gasteiger charge is -2.18. The summed E-state index contributed by atoms with van der Waals surface area (Å²) < 4.78 is 20.6. The minimum Gasteiger partial charge on any atom is -0.467 e. The number of benzene rings is 2. The number of nitrogens with one attached hydrogen (secondary N) is 2. The lowest BCUT2D eigenvalue weighted by Crippen LogP contribution is -2.44. The Labute approximate surface area is 273 Å². The first kappa shape index (κ1) is 32.9. The Morgan fingerprint density at radius 3 is 1.31 bits per heavy atom. The molecule has 0 saturated heterocycles. The summed E-state index contributed by atoms with van der Waals surface area (Å²) in [5.41, 5.74) is 0.533. The highest BCUT2D eigenvalue weighted by atomic mass is 16.5.